The molecule has 0 amide bonds. The molecule has 0 bridgehead atoms. The van der Waals surface area contributed by atoms with Crippen molar-refractivity contribution in [1.82, 2.24) is 10.0 Å². The van der Waals surface area contributed by atoms with Crippen LogP contribution < -0.4 is 0 Å². The highest BCUT2D eigenvalue weighted by Gasteiger charge is 2.19. The molecule has 0 spiro atoms. The second-order valence-electron chi connectivity index (χ2n) is 5.21. The highest BCUT2D eigenvalue weighted by atomic mass is 15.6. The van der Waals surface area contributed by atoms with Crippen LogP contribution in [0.1, 0.15) is 33.3 Å². The Bertz CT molecular complexity index is 443. The molecule has 2 nitrogen and oxygen atoms in total. The van der Waals surface area contributed by atoms with Gasteiger partial charge in [0.1, 0.15) is 0 Å². The molecule has 1 aromatic carbocycles. The predicted molar refractivity (Wildman–Crippen MR) is 77.5 cm³/mol. The van der Waals surface area contributed by atoms with Gasteiger partial charge < -0.3 is 0 Å². The summed E-state index contributed by atoms with van der Waals surface area (Å²) in [6, 6.07) is 11.4. The number of nitrogens with zero attached hydrogens (tertiary/aromatic N) is 2. The minimum absolute atomic E-state index is 0.455. The molecule has 1 aromatic rings. The van der Waals surface area contributed by atoms with Gasteiger partial charge in [0.15, 0.2) is 0 Å². The van der Waals surface area contributed by atoms with Crippen molar-refractivity contribution in [1.29, 1.82) is 0 Å². The van der Waals surface area contributed by atoms with Crippen molar-refractivity contribution in [2.75, 3.05) is 0 Å². The van der Waals surface area contributed by atoms with E-state index in [1.807, 2.05) is 0 Å². The van der Waals surface area contributed by atoms with Crippen LogP contribution >= 0.6 is 0 Å². The van der Waals surface area contributed by atoms with E-state index in [9.17, 15) is 0 Å². The summed E-state index contributed by atoms with van der Waals surface area (Å²) in [7, 11) is 0. The smallest absolute Gasteiger partial charge is 0.0443 e. The zero-order valence-corrected chi connectivity index (χ0v) is 11.7. The third-order valence-corrected chi connectivity index (χ3v) is 3.11. The topological polar surface area (TPSA) is 6.48 Å². The lowest BCUT2D eigenvalue weighted by atomic mass is 10.1. The van der Waals surface area contributed by atoms with Crippen molar-refractivity contribution in [3.63, 3.8) is 0 Å². The zero-order chi connectivity index (χ0) is 13.1. The van der Waals surface area contributed by atoms with E-state index in [-0.39, 0.29) is 0 Å². The average molecular weight is 242 g/mol. The Morgan fingerprint density at radius 3 is 2.00 bits per heavy atom. The molecular weight excluding hydrogens is 220 g/mol. The summed E-state index contributed by atoms with van der Waals surface area (Å²) in [4.78, 5) is 0. The summed E-state index contributed by atoms with van der Waals surface area (Å²) < 4.78 is 0. The maximum Gasteiger partial charge on any atom is 0.0443 e. The van der Waals surface area contributed by atoms with E-state index in [0.717, 1.165) is 0 Å². The van der Waals surface area contributed by atoms with E-state index < -0.39 is 0 Å². The van der Waals surface area contributed by atoms with Gasteiger partial charge in [-0.2, -0.15) is 0 Å². The first kappa shape index (κ1) is 12.7. The van der Waals surface area contributed by atoms with Crippen molar-refractivity contribution in [3.8, 4) is 0 Å². The second kappa shape index (κ2) is 5.30. The fourth-order valence-electron chi connectivity index (χ4n) is 2.14. The van der Waals surface area contributed by atoms with Gasteiger partial charge in [0.05, 0.1) is 0 Å². The van der Waals surface area contributed by atoms with Gasteiger partial charge in [-0.1, -0.05) is 30.3 Å². The van der Waals surface area contributed by atoms with Gasteiger partial charge in [-0.25, -0.2) is 0 Å². The highest BCUT2D eigenvalue weighted by Crippen LogP contribution is 2.24. The summed E-state index contributed by atoms with van der Waals surface area (Å²) in [5, 5.41) is 4.57. The van der Waals surface area contributed by atoms with Crippen LogP contribution in [-0.4, -0.2) is 22.1 Å². The molecule has 1 aliphatic heterocycles. The highest BCUT2D eigenvalue weighted by molar-refractivity contribution is 5.74. The van der Waals surface area contributed by atoms with Crippen molar-refractivity contribution in [3.05, 3.63) is 54.4 Å². The molecule has 0 atom stereocenters. The van der Waals surface area contributed by atoms with E-state index in [1.54, 1.807) is 0 Å². The number of rotatable bonds is 3. The fraction of sp³-hybridized carbons (Fsp3) is 0.375. The van der Waals surface area contributed by atoms with E-state index in [1.165, 1.54) is 11.1 Å². The van der Waals surface area contributed by atoms with Crippen LogP contribution in [0.25, 0.3) is 5.57 Å². The summed E-state index contributed by atoms with van der Waals surface area (Å²) in [6.07, 6.45) is 6.60. The molecule has 1 heterocycles. The monoisotopic (exact) mass is 242 g/mol. The minimum Gasteiger partial charge on any atom is -0.290 e. The number of hydrogen-bond donors (Lipinski definition) is 0. The summed E-state index contributed by atoms with van der Waals surface area (Å²) in [5.41, 5.74) is 2.53. The van der Waals surface area contributed by atoms with Crippen LogP contribution in [0.3, 0.4) is 0 Å². The van der Waals surface area contributed by atoms with Crippen LogP contribution in [0.5, 0.6) is 0 Å². The lowest BCUT2D eigenvalue weighted by Crippen LogP contribution is -2.44. The van der Waals surface area contributed by atoms with E-state index in [0.29, 0.717) is 12.1 Å². The molecular formula is C16H22N2. The summed E-state index contributed by atoms with van der Waals surface area (Å²) in [5.74, 6) is 0. The Labute approximate surface area is 110 Å². The zero-order valence-electron chi connectivity index (χ0n) is 11.7. The second-order valence-corrected chi connectivity index (χ2v) is 5.21. The molecule has 0 fully saturated rings. The van der Waals surface area contributed by atoms with Crippen LogP contribution in [0, 0.1) is 0 Å². The maximum absolute atomic E-state index is 2.30. The third-order valence-electron chi connectivity index (χ3n) is 3.11. The number of hydrazine groups is 1. The molecule has 96 valence electrons. The minimum atomic E-state index is 0.455. The number of benzene rings is 1. The quantitative estimate of drug-likeness (QED) is 0.793. The van der Waals surface area contributed by atoms with Gasteiger partial charge in [0.25, 0.3) is 0 Å². The van der Waals surface area contributed by atoms with Gasteiger partial charge in [-0.05, 0) is 39.3 Å². The van der Waals surface area contributed by atoms with Crippen LogP contribution in [0.4, 0.5) is 0 Å². The SMILES string of the molecule is CC(C)N1C=CC(c2ccccc2)=CN1C(C)C. The first-order valence-electron chi connectivity index (χ1n) is 6.61. The van der Waals surface area contributed by atoms with Gasteiger partial charge in [-0.3, -0.25) is 10.0 Å². The average Bonchev–Trinajstić information content (AvgIpc) is 2.39. The van der Waals surface area contributed by atoms with E-state index >= 15 is 0 Å². The molecule has 2 rings (SSSR count). The van der Waals surface area contributed by atoms with Crippen molar-refractivity contribution in [2.24, 2.45) is 0 Å². The lowest BCUT2D eigenvalue weighted by molar-refractivity contribution is 0.0157. The lowest BCUT2D eigenvalue weighted by Gasteiger charge is -2.41. The number of hydrogen-bond acceptors (Lipinski definition) is 2. The van der Waals surface area contributed by atoms with Crippen molar-refractivity contribution in [2.45, 2.75) is 39.8 Å². The molecule has 2 heteroatoms. The Morgan fingerprint density at radius 1 is 0.833 bits per heavy atom. The standard InChI is InChI=1S/C16H22N2/c1-13(2)17-11-10-16(12-18(17)14(3)4)15-8-6-5-7-9-15/h5-14H,1-4H3. The predicted octanol–water partition coefficient (Wildman–Crippen LogP) is 3.89. The van der Waals surface area contributed by atoms with Gasteiger partial charge >= 0.3 is 0 Å². The van der Waals surface area contributed by atoms with Gasteiger partial charge in [0.2, 0.25) is 0 Å². The van der Waals surface area contributed by atoms with Crippen molar-refractivity contribution < 1.29 is 0 Å². The molecule has 0 N–H and O–H groups in total. The Morgan fingerprint density at radius 2 is 1.44 bits per heavy atom. The van der Waals surface area contributed by atoms with Gasteiger partial charge in [-0.15, -0.1) is 0 Å². The maximum atomic E-state index is 2.30. The Hall–Kier alpha value is -1.70. The first-order valence-corrected chi connectivity index (χ1v) is 6.61. The third kappa shape index (κ3) is 2.58. The molecule has 0 saturated heterocycles. The normalized spacial score (nSPS) is 15.6. The van der Waals surface area contributed by atoms with Gasteiger partial charge in [0, 0.05) is 30.1 Å². The fourth-order valence-corrected chi connectivity index (χ4v) is 2.14. The van der Waals surface area contributed by atoms with E-state index in [2.05, 4.69) is 86.5 Å². The molecule has 0 unspecified atom stereocenters. The Kier molecular flexibility index (Phi) is 3.75. The summed E-state index contributed by atoms with van der Waals surface area (Å²) >= 11 is 0. The number of allylic oxidation sites excluding steroid dienone is 2. The molecule has 0 radical (unpaired) electrons. The molecule has 18 heavy (non-hydrogen) atoms. The van der Waals surface area contributed by atoms with Crippen LogP contribution in [-0.2, 0) is 0 Å². The Balaban J connectivity index is 2.30. The van der Waals surface area contributed by atoms with Crippen molar-refractivity contribution >= 4 is 5.57 Å². The molecule has 0 aliphatic carbocycles. The molecule has 0 saturated carbocycles. The summed E-state index contributed by atoms with van der Waals surface area (Å²) in [6.45, 7) is 8.85. The molecule has 1 aliphatic rings. The molecule has 0 aromatic heterocycles. The van der Waals surface area contributed by atoms with E-state index in [4.69, 9.17) is 0 Å². The largest absolute Gasteiger partial charge is 0.290 e. The van der Waals surface area contributed by atoms with Crippen LogP contribution in [0.2, 0.25) is 0 Å². The first-order chi connectivity index (χ1) is 8.59. The van der Waals surface area contributed by atoms with Crippen LogP contribution in [0.15, 0.2) is 48.8 Å².